The van der Waals surface area contributed by atoms with Gasteiger partial charge in [-0.1, -0.05) is 0 Å². The SMILES string of the molecule is CC[N+](C)(C)OC[C@H]1O[C@@H]2O[C@H]3[C@H](O)[C@@H](O)[C@@H](O[C@H]4[C@H](O)[C@@H](O)[C@@H](O[C@H]5[C@H](O)[C@@H](O)[C@@H](O[C@H]6[C@H](O)[C@@H](O)[C@@H](O[C@H]7[C@H](O)[C@@H](O)[C@@H](O[C@H]8[C@H](O)[C@@H](O)[C@@H](O[C@H]1[C@H](O)[C@H]2O)O[C@@H]8CO)O[C@@H]7CO)O[C@@H]6CO)O[C@@H]5CO)O[C@@H]4CO)O[C@@H]3CO.[Cl-]. The molecule has 83 heavy (non-hydrogen) atoms. The maximum absolute atomic E-state index is 11.7. The van der Waals surface area contributed by atoms with Gasteiger partial charge in [-0.25, -0.2) is 4.84 Å². The molecule has 0 saturated carbocycles. The minimum absolute atomic E-state index is 0. The van der Waals surface area contributed by atoms with Crippen LogP contribution in [-0.2, 0) is 71.2 Å². The molecule has 14 bridgehead atoms. The molecule has 20 N–H and O–H groups in total. The van der Waals surface area contributed by atoms with E-state index in [0.29, 0.717) is 6.54 Å². The number of hydroxylamine groups is 3. The molecule has 37 heteroatoms. The highest BCUT2D eigenvalue weighted by Gasteiger charge is 2.60. The second kappa shape index (κ2) is 29.2. The van der Waals surface area contributed by atoms with Crippen LogP contribution < -0.4 is 12.4 Å². The molecule has 0 spiro atoms. The Morgan fingerprint density at radius 1 is 0.265 bits per heavy atom. The van der Waals surface area contributed by atoms with Crippen LogP contribution in [-0.4, -0.2) is 389 Å². The van der Waals surface area contributed by atoms with E-state index >= 15 is 0 Å². The van der Waals surface area contributed by atoms with Crippen LogP contribution in [0.4, 0.5) is 0 Å². The Hall–Kier alpha value is -1.15. The third-order valence-electron chi connectivity index (χ3n) is 16.0. The number of hydrogen-bond donors (Lipinski definition) is 20. The van der Waals surface area contributed by atoms with E-state index in [1.54, 1.807) is 21.0 Å². The summed E-state index contributed by atoms with van der Waals surface area (Å²) >= 11 is 0. The molecule has 486 valence electrons. The normalized spacial score (nSPS) is 52.3. The summed E-state index contributed by atoms with van der Waals surface area (Å²) in [6.45, 7) is -4.62. The molecule has 0 unspecified atom stereocenters. The van der Waals surface area contributed by atoms with Crippen molar-refractivity contribution in [3.63, 3.8) is 0 Å². The second-order valence-electron chi connectivity index (χ2n) is 21.7. The molecule has 0 aromatic carbocycles. The van der Waals surface area contributed by atoms with Gasteiger partial charge in [0.15, 0.2) is 44.0 Å². The number of aliphatic hydroxyl groups excluding tert-OH is 20. The largest absolute Gasteiger partial charge is 1.00 e. The van der Waals surface area contributed by atoms with Gasteiger partial charge in [0.05, 0.1) is 53.7 Å². The van der Waals surface area contributed by atoms with Gasteiger partial charge < -0.3 is 181 Å². The van der Waals surface area contributed by atoms with Crippen molar-refractivity contribution in [2.45, 2.75) is 222 Å². The Kier molecular flexibility index (Phi) is 24.4. The first-order valence-electron chi connectivity index (χ1n) is 26.7. The van der Waals surface area contributed by atoms with Crippen LogP contribution in [0.2, 0.25) is 0 Å². The zero-order valence-electron chi connectivity index (χ0n) is 44.8. The number of aliphatic hydroxyl groups is 20. The van der Waals surface area contributed by atoms with E-state index in [9.17, 15) is 102 Å². The van der Waals surface area contributed by atoms with Gasteiger partial charge in [0.2, 0.25) is 0 Å². The summed E-state index contributed by atoms with van der Waals surface area (Å²) in [5.74, 6) is 0. The number of hydrogen-bond acceptors (Lipinski definition) is 35. The van der Waals surface area contributed by atoms with Crippen molar-refractivity contribution in [1.82, 2.24) is 0 Å². The van der Waals surface area contributed by atoms with E-state index in [1.165, 1.54) is 0 Å². The molecule has 21 saturated heterocycles. The smallest absolute Gasteiger partial charge is 0.187 e. The summed E-state index contributed by atoms with van der Waals surface area (Å²) in [7, 11) is 3.27. The standard InChI is InChI=1S/C46H80NO35.ClH/c1-4-47(2,3)68-11-18-39-25(60)32(67)46(75-18)81-38-17(10-53)73-44(30(65)23(38)58)79-36-15(8-51)71-42(28(63)21(36)56)77-34-13(6-49)69-40(26(61)19(34)54)76-33-12(5-48)70-41(27(62)20(33)55)78-35-14(7-50)72-43(29(64)22(35)57)80-37-16(9-52)74-45(82-39)31(66)24(37)59;/h12-46,48-67H,4-11H2,1-3H3;1H/q+1;/p-1/t12-,13-,14-,15-,16-,17-,18-,19-,20-,21-,22-,23-,24-,25-,26-,27-,28-,29-,30-,31-,32-,33-,34-,35-,36-,37-,38-,39-,40-,41-,42-,43-,44-,45-,46-;/m1./s1. The lowest BCUT2D eigenvalue weighted by atomic mass is 9.95. The number of rotatable bonds is 10. The van der Waals surface area contributed by atoms with E-state index in [-0.39, 0.29) is 17.1 Å². The maximum Gasteiger partial charge on any atom is 0.187 e. The average Bonchev–Trinajstić information content (AvgIpc) is 3.18. The van der Waals surface area contributed by atoms with Crippen LogP contribution >= 0.6 is 0 Å². The molecule has 21 heterocycles. The minimum atomic E-state index is -2.21. The van der Waals surface area contributed by atoms with Crippen molar-refractivity contribution < 1.29 is 190 Å². The van der Waals surface area contributed by atoms with Crippen LogP contribution in [0.15, 0.2) is 0 Å². The predicted octanol–water partition coefficient (Wildman–Crippen LogP) is -17.2. The Morgan fingerprint density at radius 3 is 0.578 bits per heavy atom. The molecule has 35 atom stereocenters. The molecule has 36 nitrogen and oxygen atoms in total. The monoisotopic (exact) mass is 1240 g/mol. The van der Waals surface area contributed by atoms with Gasteiger partial charge in [0.1, 0.15) is 184 Å². The minimum Gasteiger partial charge on any atom is -1.00 e. The third-order valence-corrected chi connectivity index (χ3v) is 16.0. The van der Waals surface area contributed by atoms with Crippen LogP contribution in [0.1, 0.15) is 6.92 Å². The van der Waals surface area contributed by atoms with E-state index in [1.807, 2.05) is 0 Å². The first kappa shape index (κ1) is 69.3. The van der Waals surface area contributed by atoms with Crippen molar-refractivity contribution in [3.8, 4) is 0 Å². The summed E-state index contributed by atoms with van der Waals surface area (Å²) in [4.78, 5) is 5.99. The molecule has 21 aliphatic heterocycles. The van der Waals surface area contributed by atoms with Crippen LogP contribution in [0.5, 0.6) is 0 Å². The van der Waals surface area contributed by atoms with Gasteiger partial charge in [-0.3, -0.25) is 0 Å². The molecular weight excluding hydrogens is 1160 g/mol. The molecular formula is C46H80ClNO35. The highest BCUT2D eigenvalue weighted by Crippen LogP contribution is 2.39. The molecule has 21 rings (SSSR count). The highest BCUT2D eigenvalue weighted by molar-refractivity contribution is 5.01. The highest BCUT2D eigenvalue weighted by atomic mass is 35.5. The maximum atomic E-state index is 11.7. The predicted molar refractivity (Wildman–Crippen MR) is 250 cm³/mol. The van der Waals surface area contributed by atoms with E-state index in [4.69, 9.17) is 71.2 Å². The Bertz CT molecular complexity index is 1970. The molecule has 0 amide bonds. The van der Waals surface area contributed by atoms with Gasteiger partial charge in [0.25, 0.3) is 0 Å². The average molecular weight is 1240 g/mol. The molecule has 0 aromatic rings. The fraction of sp³-hybridized carbons (Fsp3) is 1.00. The lowest BCUT2D eigenvalue weighted by Gasteiger charge is -2.50. The summed E-state index contributed by atoms with van der Waals surface area (Å²) in [5.41, 5.74) is 0. The Balaban J connectivity index is 0.00000990. The summed E-state index contributed by atoms with van der Waals surface area (Å²) in [6.07, 6.45) is -69.6. The van der Waals surface area contributed by atoms with Gasteiger partial charge >= 0.3 is 0 Å². The number of ether oxygens (including phenoxy) is 14. The molecule has 0 aliphatic carbocycles. The molecule has 0 aromatic heterocycles. The summed E-state index contributed by atoms with van der Waals surface area (Å²) in [6, 6.07) is 0. The zero-order chi connectivity index (χ0) is 60.0. The number of quaternary nitrogens is 1. The van der Waals surface area contributed by atoms with Crippen molar-refractivity contribution in [1.29, 1.82) is 0 Å². The lowest BCUT2D eigenvalue weighted by molar-refractivity contribution is -1.08. The number of nitrogens with zero attached hydrogens (tertiary/aromatic N) is 1. The van der Waals surface area contributed by atoms with Gasteiger partial charge in [0, 0.05) is 0 Å². The molecule has 21 fully saturated rings. The first-order chi connectivity index (χ1) is 38.9. The van der Waals surface area contributed by atoms with Gasteiger partial charge in [-0.15, -0.1) is 0 Å². The summed E-state index contributed by atoms with van der Waals surface area (Å²) in [5, 5.41) is 223. The lowest BCUT2D eigenvalue weighted by Crippen LogP contribution is -3.00. The van der Waals surface area contributed by atoms with E-state index < -0.39 is 261 Å². The second-order valence-corrected chi connectivity index (χ2v) is 21.7. The molecule has 21 aliphatic rings. The Labute approximate surface area is 478 Å². The van der Waals surface area contributed by atoms with E-state index in [0.717, 1.165) is 0 Å². The fourth-order valence-corrected chi connectivity index (χ4v) is 10.8. The van der Waals surface area contributed by atoms with Crippen molar-refractivity contribution in [2.24, 2.45) is 0 Å². The van der Waals surface area contributed by atoms with Gasteiger partial charge in [-0.2, -0.15) is 4.65 Å². The molecule has 0 radical (unpaired) electrons. The topological polar surface area (TPSA) is 543 Å². The Morgan fingerprint density at radius 2 is 0.422 bits per heavy atom. The van der Waals surface area contributed by atoms with Crippen LogP contribution in [0.25, 0.3) is 0 Å². The van der Waals surface area contributed by atoms with Crippen molar-refractivity contribution >= 4 is 0 Å². The first-order valence-corrected chi connectivity index (χ1v) is 26.7. The van der Waals surface area contributed by atoms with Gasteiger partial charge in [-0.05, 0) is 6.92 Å². The third kappa shape index (κ3) is 14.2. The van der Waals surface area contributed by atoms with E-state index in [2.05, 4.69) is 0 Å². The van der Waals surface area contributed by atoms with Crippen molar-refractivity contribution in [3.05, 3.63) is 0 Å². The van der Waals surface area contributed by atoms with Crippen LogP contribution in [0.3, 0.4) is 0 Å². The van der Waals surface area contributed by atoms with Crippen LogP contribution in [0, 0.1) is 0 Å². The quantitative estimate of drug-likeness (QED) is 0.0713. The fourth-order valence-electron chi connectivity index (χ4n) is 10.8. The van der Waals surface area contributed by atoms with Crippen molar-refractivity contribution in [2.75, 3.05) is 66.9 Å². The number of halogens is 1. The zero-order valence-corrected chi connectivity index (χ0v) is 45.5. The summed E-state index contributed by atoms with van der Waals surface area (Å²) < 4.78 is 80.9.